The van der Waals surface area contributed by atoms with Crippen LogP contribution in [0.5, 0.6) is 0 Å². The maximum atomic E-state index is 11.6. The highest BCUT2D eigenvalue weighted by Crippen LogP contribution is 2.20. The van der Waals surface area contributed by atoms with Gasteiger partial charge in [-0.15, -0.1) is 0 Å². The third kappa shape index (κ3) is 4.56. The summed E-state index contributed by atoms with van der Waals surface area (Å²) in [6.07, 6.45) is 1.69. The number of aliphatic hydroxyl groups is 1. The minimum Gasteiger partial charge on any atom is -0.396 e. The minimum atomic E-state index is -0.243. The molecule has 5 heteroatoms. The van der Waals surface area contributed by atoms with E-state index in [4.69, 9.17) is 9.63 Å². The van der Waals surface area contributed by atoms with Crippen LogP contribution in [0, 0.1) is 12.3 Å². The summed E-state index contributed by atoms with van der Waals surface area (Å²) in [6.45, 7) is 6.48. The summed E-state index contributed by atoms with van der Waals surface area (Å²) in [5.41, 5.74) is 0.602. The van der Waals surface area contributed by atoms with Crippen LogP contribution >= 0.6 is 0 Å². The van der Waals surface area contributed by atoms with Gasteiger partial charge in [0.1, 0.15) is 0 Å². The first-order valence-electron chi connectivity index (χ1n) is 5.77. The smallest absolute Gasteiger partial charge is 0.289 e. The van der Waals surface area contributed by atoms with E-state index in [-0.39, 0.29) is 23.7 Å². The maximum absolute atomic E-state index is 11.6. The summed E-state index contributed by atoms with van der Waals surface area (Å²) in [7, 11) is 0. The Kier molecular flexibility index (Phi) is 4.69. The zero-order valence-electron chi connectivity index (χ0n) is 10.6. The number of aryl methyl sites for hydroxylation is 1. The van der Waals surface area contributed by atoms with Crippen LogP contribution < -0.4 is 5.32 Å². The number of aliphatic hydroxyl groups excluding tert-OH is 1. The van der Waals surface area contributed by atoms with E-state index in [9.17, 15) is 4.79 Å². The lowest BCUT2D eigenvalue weighted by Gasteiger charge is -2.20. The Balaban J connectivity index is 2.26. The lowest BCUT2D eigenvalue weighted by molar-refractivity contribution is 0.0912. The summed E-state index contributed by atoms with van der Waals surface area (Å²) in [6, 6.07) is 1.60. The number of amides is 1. The van der Waals surface area contributed by atoms with Crippen molar-refractivity contribution in [2.45, 2.75) is 33.6 Å². The van der Waals surface area contributed by atoms with Crippen molar-refractivity contribution in [1.82, 2.24) is 10.5 Å². The van der Waals surface area contributed by atoms with Crippen LogP contribution in [0.2, 0.25) is 0 Å². The molecular weight excluding hydrogens is 220 g/mol. The quantitative estimate of drug-likeness (QED) is 0.739. The molecule has 0 fully saturated rings. The first-order valence-corrected chi connectivity index (χ1v) is 5.77. The van der Waals surface area contributed by atoms with Crippen LogP contribution in [-0.2, 0) is 0 Å². The van der Waals surface area contributed by atoms with Gasteiger partial charge in [-0.1, -0.05) is 19.0 Å². The minimum absolute atomic E-state index is 0.0897. The van der Waals surface area contributed by atoms with Gasteiger partial charge < -0.3 is 14.9 Å². The molecule has 0 bridgehead atoms. The third-order valence-electron chi connectivity index (χ3n) is 2.60. The molecule has 1 aromatic rings. The fourth-order valence-corrected chi connectivity index (χ4v) is 1.41. The van der Waals surface area contributed by atoms with Crippen LogP contribution in [0.3, 0.4) is 0 Å². The van der Waals surface area contributed by atoms with E-state index in [1.807, 2.05) is 13.8 Å². The normalized spacial score (nSPS) is 11.5. The molecule has 0 aliphatic carbocycles. The van der Waals surface area contributed by atoms with E-state index < -0.39 is 0 Å². The molecule has 2 N–H and O–H groups in total. The standard InChI is InChI=1S/C12H20N2O3/c1-9-7-10(17-14-9)11(16)13-6-4-5-12(2,3)8-15/h7,15H,4-6,8H2,1-3H3,(H,13,16). The summed E-state index contributed by atoms with van der Waals surface area (Å²) < 4.78 is 4.84. The molecule has 0 spiro atoms. The Labute approximate surface area is 101 Å². The van der Waals surface area contributed by atoms with E-state index >= 15 is 0 Å². The van der Waals surface area contributed by atoms with Crippen LogP contribution in [0.25, 0.3) is 0 Å². The van der Waals surface area contributed by atoms with E-state index in [0.29, 0.717) is 12.2 Å². The highest BCUT2D eigenvalue weighted by atomic mass is 16.5. The fourth-order valence-electron chi connectivity index (χ4n) is 1.41. The second-order valence-corrected chi connectivity index (χ2v) is 5.01. The molecule has 1 aromatic heterocycles. The zero-order valence-corrected chi connectivity index (χ0v) is 10.6. The number of hydrogen-bond donors (Lipinski definition) is 2. The number of nitrogens with one attached hydrogen (secondary N) is 1. The number of carbonyl (C=O) groups excluding carboxylic acids is 1. The topological polar surface area (TPSA) is 75.4 Å². The van der Waals surface area contributed by atoms with E-state index in [2.05, 4.69) is 10.5 Å². The van der Waals surface area contributed by atoms with Crippen molar-refractivity contribution in [3.8, 4) is 0 Å². The fraction of sp³-hybridized carbons (Fsp3) is 0.667. The predicted molar refractivity (Wildman–Crippen MR) is 63.7 cm³/mol. The van der Waals surface area contributed by atoms with Gasteiger partial charge in [-0.05, 0) is 25.2 Å². The highest BCUT2D eigenvalue weighted by molar-refractivity contribution is 5.91. The molecule has 0 aliphatic heterocycles. The molecule has 1 heterocycles. The van der Waals surface area contributed by atoms with Crippen molar-refractivity contribution in [3.05, 3.63) is 17.5 Å². The largest absolute Gasteiger partial charge is 0.396 e. The van der Waals surface area contributed by atoms with E-state index in [1.54, 1.807) is 13.0 Å². The van der Waals surface area contributed by atoms with Crippen molar-refractivity contribution in [2.75, 3.05) is 13.2 Å². The first kappa shape index (κ1) is 13.7. The van der Waals surface area contributed by atoms with Gasteiger partial charge >= 0.3 is 0 Å². The van der Waals surface area contributed by atoms with Crippen molar-refractivity contribution in [3.63, 3.8) is 0 Å². The first-order chi connectivity index (χ1) is 7.94. The number of aromatic nitrogens is 1. The van der Waals surface area contributed by atoms with Gasteiger partial charge in [0.15, 0.2) is 0 Å². The Hall–Kier alpha value is -1.36. The van der Waals surface area contributed by atoms with Gasteiger partial charge in [-0.25, -0.2) is 0 Å². The molecule has 96 valence electrons. The molecule has 17 heavy (non-hydrogen) atoms. The predicted octanol–water partition coefficient (Wildman–Crippen LogP) is 1.51. The average molecular weight is 240 g/mol. The second-order valence-electron chi connectivity index (χ2n) is 5.01. The monoisotopic (exact) mass is 240 g/mol. The van der Waals surface area contributed by atoms with Crippen molar-refractivity contribution in [2.24, 2.45) is 5.41 Å². The van der Waals surface area contributed by atoms with Crippen LogP contribution in [-0.4, -0.2) is 29.3 Å². The highest BCUT2D eigenvalue weighted by Gasteiger charge is 2.16. The van der Waals surface area contributed by atoms with Gasteiger partial charge in [0.25, 0.3) is 5.91 Å². The molecule has 0 saturated heterocycles. The molecule has 0 saturated carbocycles. The van der Waals surface area contributed by atoms with Crippen LogP contribution in [0.15, 0.2) is 10.6 Å². The van der Waals surface area contributed by atoms with Crippen molar-refractivity contribution < 1.29 is 14.4 Å². The Morgan fingerprint density at radius 1 is 1.59 bits per heavy atom. The molecule has 0 unspecified atom stereocenters. The Bertz CT molecular complexity index is 372. The molecule has 5 nitrogen and oxygen atoms in total. The van der Waals surface area contributed by atoms with Crippen molar-refractivity contribution >= 4 is 5.91 Å². The molecule has 0 radical (unpaired) electrons. The summed E-state index contributed by atoms with van der Waals surface area (Å²) in [4.78, 5) is 11.6. The summed E-state index contributed by atoms with van der Waals surface area (Å²) >= 11 is 0. The third-order valence-corrected chi connectivity index (χ3v) is 2.60. The SMILES string of the molecule is Cc1cc(C(=O)NCCCC(C)(C)CO)on1. The lowest BCUT2D eigenvalue weighted by Crippen LogP contribution is -2.26. The van der Waals surface area contributed by atoms with Crippen LogP contribution in [0.1, 0.15) is 42.9 Å². The second kappa shape index (κ2) is 5.82. The molecule has 0 aliphatic rings. The van der Waals surface area contributed by atoms with Crippen molar-refractivity contribution in [1.29, 1.82) is 0 Å². The van der Waals surface area contributed by atoms with Gasteiger partial charge in [0, 0.05) is 19.2 Å². The molecule has 1 amide bonds. The number of rotatable bonds is 6. The average Bonchev–Trinajstić information content (AvgIpc) is 2.71. The number of carbonyl (C=O) groups is 1. The molecule has 1 rings (SSSR count). The van der Waals surface area contributed by atoms with E-state index in [0.717, 1.165) is 12.8 Å². The Morgan fingerprint density at radius 2 is 2.29 bits per heavy atom. The maximum Gasteiger partial charge on any atom is 0.289 e. The Morgan fingerprint density at radius 3 is 2.82 bits per heavy atom. The van der Waals surface area contributed by atoms with Gasteiger partial charge in [0.05, 0.1) is 5.69 Å². The van der Waals surface area contributed by atoms with Gasteiger partial charge in [-0.3, -0.25) is 4.79 Å². The van der Waals surface area contributed by atoms with Gasteiger partial charge in [-0.2, -0.15) is 0 Å². The molecular formula is C12H20N2O3. The van der Waals surface area contributed by atoms with Crippen LogP contribution in [0.4, 0.5) is 0 Å². The van der Waals surface area contributed by atoms with E-state index in [1.165, 1.54) is 0 Å². The number of nitrogens with zero attached hydrogens (tertiary/aromatic N) is 1. The van der Waals surface area contributed by atoms with Gasteiger partial charge in [0.2, 0.25) is 5.76 Å². The summed E-state index contributed by atoms with van der Waals surface area (Å²) in [5.74, 6) is -0.00340. The number of hydrogen-bond acceptors (Lipinski definition) is 4. The zero-order chi connectivity index (χ0) is 12.9. The molecule has 0 aromatic carbocycles. The lowest BCUT2D eigenvalue weighted by atomic mass is 9.89. The molecule has 0 atom stereocenters. The summed E-state index contributed by atoms with van der Waals surface area (Å²) in [5, 5.41) is 15.5.